The average molecular weight is 625 g/mol. The van der Waals surface area contributed by atoms with E-state index >= 15 is 0 Å². The molecule has 0 N–H and O–H groups in total. The normalized spacial score (nSPS) is 32.6. The van der Waals surface area contributed by atoms with Crippen LogP contribution >= 0.6 is 0 Å². The van der Waals surface area contributed by atoms with E-state index < -0.39 is 0 Å². The van der Waals surface area contributed by atoms with Crippen molar-refractivity contribution in [2.75, 3.05) is 0 Å². The van der Waals surface area contributed by atoms with Crippen LogP contribution in [-0.4, -0.2) is 5.78 Å². The predicted molar refractivity (Wildman–Crippen MR) is 199 cm³/mol. The van der Waals surface area contributed by atoms with E-state index in [1.165, 1.54) is 36.8 Å². The van der Waals surface area contributed by atoms with Crippen LogP contribution in [0.2, 0.25) is 0 Å². The van der Waals surface area contributed by atoms with Crippen LogP contribution in [-0.2, 0) is 17.6 Å². The molecule has 0 heterocycles. The molecule has 254 valence electrons. The summed E-state index contributed by atoms with van der Waals surface area (Å²) in [5.74, 6) is 12.1. The number of allylic oxidation sites excluding steroid dienone is 4. The fraction of sp³-hybridized carbons (Fsp3) is 0.711. The van der Waals surface area contributed by atoms with Crippen molar-refractivity contribution in [3.8, 4) is 11.8 Å². The summed E-state index contributed by atoms with van der Waals surface area (Å²) < 4.78 is 0. The molecular weight excluding hydrogens is 556 g/mol. The first-order valence-electron chi connectivity index (χ1n) is 18.7. The van der Waals surface area contributed by atoms with Crippen molar-refractivity contribution >= 4 is 5.78 Å². The van der Waals surface area contributed by atoms with Gasteiger partial charge in [-0.2, -0.15) is 0 Å². The Kier molecular flexibility index (Phi) is 10.7. The molecular formula is C45H68O. The Morgan fingerprint density at radius 1 is 0.587 bits per heavy atom. The molecule has 4 rings (SSSR count). The summed E-state index contributed by atoms with van der Waals surface area (Å²) in [6.07, 6.45) is 7.00. The molecule has 0 aromatic heterocycles. The summed E-state index contributed by atoms with van der Waals surface area (Å²) in [5, 5.41) is 0. The number of benzene rings is 1. The molecule has 0 saturated heterocycles. The highest BCUT2D eigenvalue weighted by Crippen LogP contribution is 2.55. The number of rotatable bonds is 7. The SMILES string of the molecule is CC#CCC1CC(C)(C)C(Cc2c(C)c(C)c(CC3CC(C)(C)C(CC4=C(C)C(=O)C(C)=C4C)C(C)C3C)c(C)c2C)C(C)C1C. The molecule has 1 aromatic rings. The highest BCUT2D eigenvalue weighted by Gasteiger charge is 2.47. The monoisotopic (exact) mass is 625 g/mol. The van der Waals surface area contributed by atoms with Gasteiger partial charge in [-0.05, 0) is 196 Å². The van der Waals surface area contributed by atoms with Crippen LogP contribution in [0.5, 0.6) is 0 Å². The van der Waals surface area contributed by atoms with Crippen molar-refractivity contribution in [2.24, 2.45) is 58.2 Å². The highest BCUT2D eigenvalue weighted by atomic mass is 16.1. The Balaban J connectivity index is 1.59. The molecule has 2 fully saturated rings. The van der Waals surface area contributed by atoms with Gasteiger partial charge in [0.05, 0.1) is 0 Å². The number of hydrogen-bond acceptors (Lipinski definition) is 1. The minimum absolute atomic E-state index is 0.232. The first-order valence-corrected chi connectivity index (χ1v) is 18.7. The van der Waals surface area contributed by atoms with Gasteiger partial charge in [-0.25, -0.2) is 0 Å². The number of hydrogen-bond donors (Lipinski definition) is 0. The van der Waals surface area contributed by atoms with Gasteiger partial charge < -0.3 is 0 Å². The molecule has 0 bridgehead atoms. The lowest BCUT2D eigenvalue weighted by atomic mass is 9.54. The zero-order chi connectivity index (χ0) is 34.6. The van der Waals surface area contributed by atoms with E-state index in [9.17, 15) is 4.79 Å². The van der Waals surface area contributed by atoms with Crippen LogP contribution in [0.4, 0.5) is 0 Å². The van der Waals surface area contributed by atoms with Crippen molar-refractivity contribution in [2.45, 2.75) is 149 Å². The van der Waals surface area contributed by atoms with Crippen LogP contribution in [0.1, 0.15) is 142 Å². The van der Waals surface area contributed by atoms with Gasteiger partial charge >= 0.3 is 0 Å². The Hall–Kier alpha value is -2.07. The summed E-state index contributed by atoms with van der Waals surface area (Å²) in [7, 11) is 0. The predicted octanol–water partition coefficient (Wildman–Crippen LogP) is 11.9. The van der Waals surface area contributed by atoms with Gasteiger partial charge in [0.15, 0.2) is 5.78 Å². The van der Waals surface area contributed by atoms with E-state index in [1.54, 1.807) is 33.4 Å². The Labute approximate surface area is 284 Å². The molecule has 1 aromatic carbocycles. The summed E-state index contributed by atoms with van der Waals surface area (Å²) >= 11 is 0. The van der Waals surface area contributed by atoms with Crippen LogP contribution in [0, 0.1) is 97.7 Å². The molecule has 8 unspecified atom stereocenters. The summed E-state index contributed by atoms with van der Waals surface area (Å²) in [4.78, 5) is 12.8. The number of Topliss-reactive ketones (excluding diaryl/α,β-unsaturated/α-hetero) is 1. The lowest BCUT2D eigenvalue weighted by Crippen LogP contribution is -2.44. The standard InChI is InChI=1S/C45H68O/c1-17-18-19-36-23-44(13,14)41(32(9)25(36)2)21-39-29(6)27(4)38(28(5)30(39)7)20-37-24-45(15,16)42(33(10)26(37)3)22-40-31(8)34(11)43(46)35(40)12/h25-26,32-33,36-37,41-42H,19-24H2,1-16H3. The van der Waals surface area contributed by atoms with E-state index in [0.717, 1.165) is 24.0 Å². The third-order valence-electron chi connectivity index (χ3n) is 14.9. The Morgan fingerprint density at radius 3 is 1.48 bits per heavy atom. The number of carbonyl (C=O) groups excluding carboxylic acids is 1. The van der Waals surface area contributed by atoms with Crippen molar-refractivity contribution in [1.82, 2.24) is 0 Å². The first-order chi connectivity index (χ1) is 21.3. The quantitative estimate of drug-likeness (QED) is 0.276. The van der Waals surface area contributed by atoms with Crippen LogP contribution in [0.25, 0.3) is 0 Å². The first kappa shape index (κ1) is 36.8. The molecule has 3 aliphatic carbocycles. The average Bonchev–Trinajstić information content (AvgIpc) is 3.17. The minimum Gasteiger partial charge on any atom is -0.289 e. The lowest BCUT2D eigenvalue weighted by Gasteiger charge is -2.51. The third-order valence-corrected chi connectivity index (χ3v) is 14.9. The molecule has 0 spiro atoms. The van der Waals surface area contributed by atoms with E-state index in [0.29, 0.717) is 52.8 Å². The molecule has 0 amide bonds. The zero-order valence-electron chi connectivity index (χ0n) is 32.8. The van der Waals surface area contributed by atoms with Crippen molar-refractivity contribution in [3.05, 3.63) is 55.7 Å². The van der Waals surface area contributed by atoms with Crippen molar-refractivity contribution in [3.63, 3.8) is 0 Å². The molecule has 0 radical (unpaired) electrons. The molecule has 0 aliphatic heterocycles. The molecule has 46 heavy (non-hydrogen) atoms. The fourth-order valence-corrected chi connectivity index (χ4v) is 10.9. The second-order valence-corrected chi connectivity index (χ2v) is 17.9. The van der Waals surface area contributed by atoms with Gasteiger partial charge in [0.1, 0.15) is 0 Å². The molecule has 8 atom stereocenters. The largest absolute Gasteiger partial charge is 0.289 e. The third kappa shape index (κ3) is 6.50. The summed E-state index contributed by atoms with van der Waals surface area (Å²) in [6.45, 7) is 38.1. The van der Waals surface area contributed by atoms with Gasteiger partial charge in [-0.3, -0.25) is 4.79 Å². The molecule has 2 saturated carbocycles. The maximum atomic E-state index is 12.8. The van der Waals surface area contributed by atoms with Gasteiger partial charge in [0.2, 0.25) is 0 Å². The van der Waals surface area contributed by atoms with Crippen molar-refractivity contribution in [1.29, 1.82) is 0 Å². The number of carbonyl (C=O) groups is 1. The topological polar surface area (TPSA) is 17.1 Å². The highest BCUT2D eigenvalue weighted by molar-refractivity contribution is 6.12. The van der Waals surface area contributed by atoms with E-state index in [4.69, 9.17) is 0 Å². The Morgan fingerprint density at radius 2 is 1.02 bits per heavy atom. The van der Waals surface area contributed by atoms with E-state index in [-0.39, 0.29) is 11.2 Å². The number of ketones is 1. The van der Waals surface area contributed by atoms with Gasteiger partial charge in [0, 0.05) is 12.0 Å². The van der Waals surface area contributed by atoms with E-state index in [2.05, 4.69) is 109 Å². The van der Waals surface area contributed by atoms with E-state index in [1.807, 2.05) is 13.8 Å². The molecule has 1 heteroatoms. The second-order valence-electron chi connectivity index (χ2n) is 17.9. The maximum absolute atomic E-state index is 12.8. The zero-order valence-corrected chi connectivity index (χ0v) is 32.8. The lowest BCUT2D eigenvalue weighted by molar-refractivity contribution is -0.112. The molecule has 3 aliphatic rings. The summed E-state index contributed by atoms with van der Waals surface area (Å²) in [6, 6.07) is 0. The molecule has 1 nitrogen and oxygen atoms in total. The van der Waals surface area contributed by atoms with Crippen LogP contribution in [0.15, 0.2) is 22.3 Å². The van der Waals surface area contributed by atoms with Gasteiger partial charge in [-0.1, -0.05) is 55.4 Å². The fourth-order valence-electron chi connectivity index (χ4n) is 10.9. The minimum atomic E-state index is 0.232. The van der Waals surface area contributed by atoms with Crippen molar-refractivity contribution < 1.29 is 4.79 Å². The summed E-state index contributed by atoms with van der Waals surface area (Å²) in [5.41, 5.74) is 14.5. The van der Waals surface area contributed by atoms with Gasteiger partial charge in [-0.15, -0.1) is 11.8 Å². The Bertz CT molecular complexity index is 1450. The van der Waals surface area contributed by atoms with Crippen LogP contribution in [0.3, 0.4) is 0 Å². The smallest absolute Gasteiger partial charge is 0.184 e. The maximum Gasteiger partial charge on any atom is 0.184 e. The van der Waals surface area contributed by atoms with Gasteiger partial charge in [0.25, 0.3) is 0 Å². The second kappa shape index (κ2) is 13.4. The van der Waals surface area contributed by atoms with Crippen LogP contribution < -0.4 is 0 Å².